The third kappa shape index (κ3) is 4.70. The van der Waals surface area contributed by atoms with Crippen molar-refractivity contribution in [3.63, 3.8) is 0 Å². The summed E-state index contributed by atoms with van der Waals surface area (Å²) in [5, 5.41) is 12.9. The summed E-state index contributed by atoms with van der Waals surface area (Å²) in [4.78, 5) is 11.9. The van der Waals surface area contributed by atoms with Crippen molar-refractivity contribution in [2.75, 3.05) is 26.0 Å². The number of carbonyl (C=O) groups excluding carboxylic acids is 1. The molecule has 0 heterocycles. The minimum atomic E-state index is -1.03. The standard InChI is InChI=1S/C13H19ClN2O3/c1-13(18,6-7-19-2)8-16-12(17)9-4-3-5-10(15)11(9)14/h3-5,18H,6-8,15H2,1-2H3,(H,16,17). The SMILES string of the molecule is COCCC(C)(O)CNC(=O)c1cccc(N)c1Cl. The maximum absolute atomic E-state index is 11.9. The van der Waals surface area contributed by atoms with Crippen LogP contribution in [0, 0.1) is 0 Å². The Balaban J connectivity index is 2.63. The monoisotopic (exact) mass is 286 g/mol. The lowest BCUT2D eigenvalue weighted by Gasteiger charge is -2.23. The molecule has 0 radical (unpaired) electrons. The molecule has 1 amide bonds. The first-order valence-electron chi connectivity index (χ1n) is 5.91. The highest BCUT2D eigenvalue weighted by Gasteiger charge is 2.22. The van der Waals surface area contributed by atoms with Crippen LogP contribution in [0.3, 0.4) is 0 Å². The van der Waals surface area contributed by atoms with E-state index in [-0.39, 0.29) is 17.5 Å². The Kier molecular flexibility index (Phi) is 5.60. The summed E-state index contributed by atoms with van der Waals surface area (Å²) in [6.07, 6.45) is 0.425. The molecule has 5 nitrogen and oxygen atoms in total. The van der Waals surface area contributed by atoms with E-state index in [1.54, 1.807) is 32.2 Å². The molecule has 0 bridgehead atoms. The summed E-state index contributed by atoms with van der Waals surface area (Å²) in [6.45, 7) is 2.16. The van der Waals surface area contributed by atoms with Crippen molar-refractivity contribution in [3.05, 3.63) is 28.8 Å². The van der Waals surface area contributed by atoms with E-state index in [2.05, 4.69) is 5.32 Å². The Morgan fingerprint density at radius 3 is 2.89 bits per heavy atom. The average molecular weight is 287 g/mol. The summed E-state index contributed by atoms with van der Waals surface area (Å²) >= 11 is 5.95. The first-order chi connectivity index (χ1) is 8.87. The van der Waals surface area contributed by atoms with Gasteiger partial charge in [-0.1, -0.05) is 17.7 Å². The summed E-state index contributed by atoms with van der Waals surface area (Å²) < 4.78 is 4.89. The highest BCUT2D eigenvalue weighted by Crippen LogP contribution is 2.23. The fraction of sp³-hybridized carbons (Fsp3) is 0.462. The Bertz CT molecular complexity index is 450. The predicted molar refractivity (Wildman–Crippen MR) is 75.3 cm³/mol. The zero-order valence-corrected chi connectivity index (χ0v) is 11.8. The molecule has 0 fully saturated rings. The molecule has 0 aliphatic rings. The van der Waals surface area contributed by atoms with Crippen LogP contribution in [0.15, 0.2) is 18.2 Å². The topological polar surface area (TPSA) is 84.6 Å². The highest BCUT2D eigenvalue weighted by atomic mass is 35.5. The number of rotatable bonds is 6. The molecule has 1 atom stereocenters. The third-order valence-corrected chi connectivity index (χ3v) is 3.17. The van der Waals surface area contributed by atoms with Gasteiger partial charge in [0.05, 0.1) is 21.9 Å². The number of hydrogen-bond acceptors (Lipinski definition) is 4. The lowest BCUT2D eigenvalue weighted by molar-refractivity contribution is 0.0243. The zero-order valence-electron chi connectivity index (χ0n) is 11.1. The number of benzene rings is 1. The molecule has 1 aromatic carbocycles. The number of methoxy groups -OCH3 is 1. The number of nitrogens with one attached hydrogen (secondary N) is 1. The lowest BCUT2D eigenvalue weighted by atomic mass is 10.0. The number of amides is 1. The van der Waals surface area contributed by atoms with Crippen LogP contribution >= 0.6 is 11.6 Å². The molecule has 0 aliphatic carbocycles. The van der Waals surface area contributed by atoms with Crippen molar-refractivity contribution in [2.45, 2.75) is 18.9 Å². The Morgan fingerprint density at radius 2 is 2.26 bits per heavy atom. The lowest BCUT2D eigenvalue weighted by Crippen LogP contribution is -2.41. The number of nitrogen functional groups attached to an aromatic ring is 1. The first-order valence-corrected chi connectivity index (χ1v) is 6.28. The van der Waals surface area contributed by atoms with Gasteiger partial charge in [-0.15, -0.1) is 0 Å². The fourth-order valence-electron chi connectivity index (χ4n) is 1.50. The Labute approximate surface area is 117 Å². The van der Waals surface area contributed by atoms with Gasteiger partial charge in [-0.3, -0.25) is 4.79 Å². The molecule has 19 heavy (non-hydrogen) atoms. The number of anilines is 1. The first kappa shape index (κ1) is 15.8. The van der Waals surface area contributed by atoms with Gasteiger partial charge in [-0.25, -0.2) is 0 Å². The smallest absolute Gasteiger partial charge is 0.252 e. The van der Waals surface area contributed by atoms with E-state index < -0.39 is 5.60 Å². The normalized spacial score (nSPS) is 13.9. The van der Waals surface area contributed by atoms with E-state index in [1.165, 1.54) is 0 Å². The quantitative estimate of drug-likeness (QED) is 0.691. The van der Waals surface area contributed by atoms with Crippen LogP contribution in [0.1, 0.15) is 23.7 Å². The third-order valence-electron chi connectivity index (χ3n) is 2.75. The predicted octanol–water partition coefficient (Wildman–Crippen LogP) is 1.44. The van der Waals surface area contributed by atoms with E-state index >= 15 is 0 Å². The van der Waals surface area contributed by atoms with Crippen molar-refractivity contribution < 1.29 is 14.6 Å². The van der Waals surface area contributed by atoms with Crippen molar-refractivity contribution in [2.24, 2.45) is 0 Å². The molecule has 1 rings (SSSR count). The van der Waals surface area contributed by atoms with Gasteiger partial charge in [0.15, 0.2) is 0 Å². The van der Waals surface area contributed by atoms with Crippen molar-refractivity contribution >= 4 is 23.2 Å². The number of carbonyl (C=O) groups is 1. The minimum Gasteiger partial charge on any atom is -0.398 e. The van der Waals surface area contributed by atoms with Crippen LogP contribution in [0.2, 0.25) is 5.02 Å². The molecule has 106 valence electrons. The second kappa shape index (κ2) is 6.75. The van der Waals surface area contributed by atoms with E-state index in [0.717, 1.165) is 0 Å². The second-order valence-corrected chi connectivity index (χ2v) is 5.01. The molecular formula is C13H19ClN2O3. The number of nitrogens with two attached hydrogens (primary N) is 1. The Hall–Kier alpha value is -1.30. The number of hydrogen-bond donors (Lipinski definition) is 3. The van der Waals surface area contributed by atoms with Gasteiger partial charge >= 0.3 is 0 Å². The highest BCUT2D eigenvalue weighted by molar-refractivity contribution is 6.36. The summed E-state index contributed by atoms with van der Waals surface area (Å²) in [7, 11) is 1.56. The van der Waals surface area contributed by atoms with Crippen LogP contribution in [0.5, 0.6) is 0 Å². The molecule has 0 saturated carbocycles. The number of ether oxygens (including phenoxy) is 1. The molecule has 4 N–H and O–H groups in total. The van der Waals surface area contributed by atoms with E-state index in [1.807, 2.05) is 0 Å². The van der Waals surface area contributed by atoms with Crippen molar-refractivity contribution in [3.8, 4) is 0 Å². The van der Waals surface area contributed by atoms with Gasteiger partial charge < -0.3 is 20.9 Å². The van der Waals surface area contributed by atoms with Crippen molar-refractivity contribution in [1.29, 1.82) is 0 Å². The van der Waals surface area contributed by atoms with Gasteiger partial charge in [0, 0.05) is 26.7 Å². The molecule has 0 aliphatic heterocycles. The van der Waals surface area contributed by atoms with E-state index in [0.29, 0.717) is 24.3 Å². The van der Waals surface area contributed by atoms with Crippen LogP contribution < -0.4 is 11.1 Å². The average Bonchev–Trinajstić information content (AvgIpc) is 2.37. The van der Waals surface area contributed by atoms with E-state index in [9.17, 15) is 9.90 Å². The minimum absolute atomic E-state index is 0.111. The molecule has 0 aromatic heterocycles. The van der Waals surface area contributed by atoms with Gasteiger partial charge in [0.25, 0.3) is 5.91 Å². The maximum atomic E-state index is 11.9. The zero-order chi connectivity index (χ0) is 14.5. The molecular weight excluding hydrogens is 268 g/mol. The van der Waals surface area contributed by atoms with Crippen LogP contribution in [0.4, 0.5) is 5.69 Å². The van der Waals surface area contributed by atoms with E-state index in [4.69, 9.17) is 22.1 Å². The van der Waals surface area contributed by atoms with Gasteiger partial charge in [-0.2, -0.15) is 0 Å². The maximum Gasteiger partial charge on any atom is 0.252 e. The second-order valence-electron chi connectivity index (χ2n) is 4.63. The molecule has 1 aromatic rings. The van der Waals surface area contributed by atoms with Crippen molar-refractivity contribution in [1.82, 2.24) is 5.32 Å². The van der Waals surface area contributed by atoms with Gasteiger partial charge in [-0.05, 0) is 19.1 Å². The van der Waals surface area contributed by atoms with Gasteiger partial charge in [0.2, 0.25) is 0 Å². The van der Waals surface area contributed by atoms with Crippen LogP contribution in [0.25, 0.3) is 0 Å². The summed E-state index contributed by atoms with van der Waals surface area (Å²) in [5.41, 5.74) is 5.24. The summed E-state index contributed by atoms with van der Waals surface area (Å²) in [5.74, 6) is -0.366. The van der Waals surface area contributed by atoms with Gasteiger partial charge in [0.1, 0.15) is 0 Å². The fourth-order valence-corrected chi connectivity index (χ4v) is 1.71. The largest absolute Gasteiger partial charge is 0.398 e. The summed E-state index contributed by atoms with van der Waals surface area (Å²) in [6, 6.07) is 4.85. The molecule has 1 unspecified atom stereocenters. The number of aliphatic hydroxyl groups is 1. The number of halogens is 1. The van der Waals surface area contributed by atoms with Crippen LogP contribution in [-0.4, -0.2) is 36.9 Å². The van der Waals surface area contributed by atoms with Crippen LogP contribution in [-0.2, 0) is 4.74 Å². The molecule has 0 saturated heterocycles. The molecule has 0 spiro atoms. The molecule has 6 heteroatoms. The Morgan fingerprint density at radius 1 is 1.58 bits per heavy atom.